The third kappa shape index (κ3) is 2.81. The fraction of sp³-hybridized carbons (Fsp3) is 0.471. The number of pyridine rings is 1. The molecule has 0 spiro atoms. The molecule has 3 aromatic rings. The Morgan fingerprint density at radius 1 is 1.27 bits per heavy atom. The number of aryl methyl sites for hydroxylation is 2. The molecule has 0 aliphatic carbocycles. The van der Waals surface area contributed by atoms with Gasteiger partial charge in [-0.1, -0.05) is 0 Å². The summed E-state index contributed by atoms with van der Waals surface area (Å²) in [7, 11) is 1.85. The molecule has 4 rings (SSSR count). The van der Waals surface area contributed by atoms with Crippen molar-refractivity contribution in [3.8, 4) is 0 Å². The standard InChI is InChI=1S/C17H19F3N6/c1-10-14-12(5-6-21-16(14)25(2)24-10)26-7-3-4-11(9-26)15-22-8-13(23-15)17(18,19)20/h5-6,8,11H,3-4,7,9H2,1-2H3,(H,22,23). The minimum atomic E-state index is -4.40. The first-order valence-corrected chi connectivity index (χ1v) is 8.50. The summed E-state index contributed by atoms with van der Waals surface area (Å²) in [4.78, 5) is 13.0. The average Bonchev–Trinajstić information content (AvgIpc) is 3.21. The molecule has 1 saturated heterocycles. The highest BCUT2D eigenvalue weighted by molar-refractivity contribution is 5.92. The van der Waals surface area contributed by atoms with Crippen molar-refractivity contribution in [3.05, 3.63) is 35.7 Å². The summed E-state index contributed by atoms with van der Waals surface area (Å²) >= 11 is 0. The maximum atomic E-state index is 12.8. The lowest BCUT2D eigenvalue weighted by Crippen LogP contribution is -2.35. The van der Waals surface area contributed by atoms with E-state index in [1.807, 2.05) is 20.0 Å². The second-order valence-electron chi connectivity index (χ2n) is 6.70. The zero-order valence-corrected chi connectivity index (χ0v) is 14.5. The number of fused-ring (bicyclic) bond motifs is 1. The normalized spacial score (nSPS) is 18.7. The number of aromatic nitrogens is 5. The minimum absolute atomic E-state index is 0.0694. The molecule has 0 bridgehead atoms. The van der Waals surface area contributed by atoms with Crippen LogP contribution in [0.4, 0.5) is 18.9 Å². The molecule has 9 heteroatoms. The van der Waals surface area contributed by atoms with Crippen LogP contribution in [0.1, 0.15) is 36.0 Å². The largest absolute Gasteiger partial charge is 0.432 e. The Morgan fingerprint density at radius 3 is 2.81 bits per heavy atom. The van der Waals surface area contributed by atoms with E-state index in [9.17, 15) is 13.2 Å². The molecular weight excluding hydrogens is 345 g/mol. The van der Waals surface area contributed by atoms with Crippen LogP contribution in [-0.4, -0.2) is 37.8 Å². The number of anilines is 1. The molecule has 26 heavy (non-hydrogen) atoms. The Morgan fingerprint density at radius 2 is 2.08 bits per heavy atom. The third-order valence-electron chi connectivity index (χ3n) is 4.93. The smallest absolute Gasteiger partial charge is 0.370 e. The summed E-state index contributed by atoms with van der Waals surface area (Å²) in [5.74, 6) is 0.329. The van der Waals surface area contributed by atoms with E-state index in [1.54, 1.807) is 10.9 Å². The SMILES string of the molecule is Cc1nn(C)c2nccc(N3CCCC(c4ncc(C(F)(F)F)[nH]4)C3)c12. The molecule has 1 aliphatic rings. The number of halogens is 3. The number of rotatable bonds is 2. The summed E-state index contributed by atoms with van der Waals surface area (Å²) in [5, 5.41) is 5.43. The molecule has 1 unspecified atom stereocenters. The zero-order chi connectivity index (χ0) is 18.5. The van der Waals surface area contributed by atoms with Crippen LogP contribution in [0.15, 0.2) is 18.5 Å². The number of aromatic amines is 1. The van der Waals surface area contributed by atoms with Crippen molar-refractivity contribution in [3.63, 3.8) is 0 Å². The molecule has 1 aliphatic heterocycles. The van der Waals surface area contributed by atoms with Crippen LogP contribution in [0.3, 0.4) is 0 Å². The monoisotopic (exact) mass is 364 g/mol. The highest BCUT2D eigenvalue weighted by Gasteiger charge is 2.34. The molecule has 3 aromatic heterocycles. The van der Waals surface area contributed by atoms with Gasteiger partial charge in [0.25, 0.3) is 0 Å². The Kier molecular flexibility index (Phi) is 3.89. The number of nitrogens with zero attached hydrogens (tertiary/aromatic N) is 5. The van der Waals surface area contributed by atoms with E-state index in [2.05, 4.69) is 25.0 Å². The lowest BCUT2D eigenvalue weighted by atomic mass is 9.96. The van der Waals surface area contributed by atoms with Crippen LogP contribution in [0.5, 0.6) is 0 Å². The summed E-state index contributed by atoms with van der Waals surface area (Å²) in [6, 6.07) is 1.95. The molecule has 138 valence electrons. The Balaban J connectivity index is 1.65. The summed E-state index contributed by atoms with van der Waals surface area (Å²) in [6.07, 6.45) is -0.0810. The maximum absolute atomic E-state index is 12.8. The van der Waals surface area contributed by atoms with Crippen molar-refractivity contribution in [2.75, 3.05) is 18.0 Å². The second kappa shape index (κ2) is 6.00. The van der Waals surface area contributed by atoms with Gasteiger partial charge in [-0.3, -0.25) is 4.68 Å². The second-order valence-corrected chi connectivity index (χ2v) is 6.70. The maximum Gasteiger partial charge on any atom is 0.432 e. The average molecular weight is 364 g/mol. The highest BCUT2D eigenvalue weighted by Crippen LogP contribution is 2.35. The molecule has 4 heterocycles. The molecule has 6 nitrogen and oxygen atoms in total. The van der Waals surface area contributed by atoms with Crippen molar-refractivity contribution in [2.45, 2.75) is 31.9 Å². The fourth-order valence-corrected chi connectivity index (χ4v) is 3.73. The van der Waals surface area contributed by atoms with Gasteiger partial charge >= 0.3 is 6.18 Å². The molecular formula is C17H19F3N6. The molecule has 1 fully saturated rings. The van der Waals surface area contributed by atoms with Gasteiger partial charge in [0.1, 0.15) is 11.5 Å². The van der Waals surface area contributed by atoms with E-state index in [-0.39, 0.29) is 5.92 Å². The van der Waals surface area contributed by atoms with Crippen molar-refractivity contribution >= 4 is 16.7 Å². The topological polar surface area (TPSA) is 62.6 Å². The summed E-state index contributed by atoms with van der Waals surface area (Å²) in [6.45, 7) is 3.39. The first kappa shape index (κ1) is 16.9. The number of imidazole rings is 1. The number of piperidine rings is 1. The minimum Gasteiger partial charge on any atom is -0.370 e. The molecule has 0 saturated carbocycles. The van der Waals surface area contributed by atoms with Gasteiger partial charge in [-0.2, -0.15) is 18.3 Å². The lowest BCUT2D eigenvalue weighted by molar-refractivity contribution is -0.141. The van der Waals surface area contributed by atoms with E-state index in [1.165, 1.54) is 0 Å². The highest BCUT2D eigenvalue weighted by atomic mass is 19.4. The van der Waals surface area contributed by atoms with Crippen molar-refractivity contribution < 1.29 is 13.2 Å². The van der Waals surface area contributed by atoms with Crippen LogP contribution in [0, 0.1) is 6.92 Å². The number of nitrogens with one attached hydrogen (secondary N) is 1. The molecule has 1 N–H and O–H groups in total. The van der Waals surface area contributed by atoms with Gasteiger partial charge in [0, 0.05) is 32.3 Å². The first-order valence-electron chi connectivity index (χ1n) is 8.50. The van der Waals surface area contributed by atoms with Crippen LogP contribution >= 0.6 is 0 Å². The van der Waals surface area contributed by atoms with Crippen LogP contribution in [-0.2, 0) is 13.2 Å². The molecule has 0 radical (unpaired) electrons. The first-order chi connectivity index (χ1) is 12.3. The van der Waals surface area contributed by atoms with Gasteiger partial charge in [-0.25, -0.2) is 9.97 Å². The van der Waals surface area contributed by atoms with Gasteiger partial charge in [-0.15, -0.1) is 0 Å². The summed E-state index contributed by atoms with van der Waals surface area (Å²) in [5.41, 5.74) is 1.93. The van der Waals surface area contributed by atoms with E-state index < -0.39 is 11.9 Å². The Hall–Kier alpha value is -2.58. The summed E-state index contributed by atoms with van der Waals surface area (Å²) < 4.78 is 40.2. The van der Waals surface area contributed by atoms with Gasteiger partial charge in [-0.05, 0) is 25.8 Å². The van der Waals surface area contributed by atoms with Gasteiger partial charge < -0.3 is 9.88 Å². The van der Waals surface area contributed by atoms with E-state index in [0.29, 0.717) is 12.4 Å². The lowest BCUT2D eigenvalue weighted by Gasteiger charge is -2.34. The van der Waals surface area contributed by atoms with Gasteiger partial charge in [0.05, 0.1) is 23.0 Å². The van der Waals surface area contributed by atoms with Crippen molar-refractivity contribution in [1.82, 2.24) is 24.7 Å². The number of H-pyrrole nitrogens is 1. The fourth-order valence-electron chi connectivity index (χ4n) is 3.73. The van der Waals surface area contributed by atoms with Gasteiger partial charge in [0.2, 0.25) is 0 Å². The number of hydrogen-bond acceptors (Lipinski definition) is 4. The predicted octanol–water partition coefficient (Wildman–Crippen LogP) is 3.40. The predicted molar refractivity (Wildman–Crippen MR) is 91.0 cm³/mol. The number of hydrogen-bond donors (Lipinski definition) is 1. The van der Waals surface area contributed by atoms with E-state index >= 15 is 0 Å². The quantitative estimate of drug-likeness (QED) is 0.757. The van der Waals surface area contributed by atoms with Crippen molar-refractivity contribution in [1.29, 1.82) is 0 Å². The van der Waals surface area contributed by atoms with Crippen molar-refractivity contribution in [2.24, 2.45) is 7.05 Å². The van der Waals surface area contributed by atoms with Gasteiger partial charge in [0.15, 0.2) is 5.65 Å². The number of alkyl halides is 3. The van der Waals surface area contributed by atoms with E-state index in [0.717, 1.165) is 48.0 Å². The van der Waals surface area contributed by atoms with Crippen LogP contribution in [0.2, 0.25) is 0 Å². The molecule has 0 amide bonds. The Bertz CT molecular complexity index is 942. The molecule has 1 atom stereocenters. The zero-order valence-electron chi connectivity index (χ0n) is 14.5. The van der Waals surface area contributed by atoms with E-state index in [4.69, 9.17) is 0 Å². The molecule has 0 aromatic carbocycles. The third-order valence-corrected chi connectivity index (χ3v) is 4.93. The van der Waals surface area contributed by atoms with Crippen LogP contribution < -0.4 is 4.90 Å². The van der Waals surface area contributed by atoms with Crippen LogP contribution in [0.25, 0.3) is 11.0 Å². The Labute approximate surface area is 148 Å².